The first-order valence-electron chi connectivity index (χ1n) is 13.6. The van der Waals surface area contributed by atoms with Gasteiger partial charge < -0.3 is 14.6 Å². The molecule has 8 heteroatoms. The minimum Gasteiger partial charge on any atom is -0.448 e. The fourth-order valence-electron chi connectivity index (χ4n) is 5.36. The predicted molar refractivity (Wildman–Crippen MR) is 157 cm³/mol. The molecule has 1 saturated heterocycles. The lowest BCUT2D eigenvalue weighted by atomic mass is 10.0. The van der Waals surface area contributed by atoms with Gasteiger partial charge in [0.2, 0.25) is 0 Å². The van der Waals surface area contributed by atoms with E-state index >= 15 is 0 Å². The van der Waals surface area contributed by atoms with Crippen molar-refractivity contribution in [2.45, 2.75) is 38.3 Å². The van der Waals surface area contributed by atoms with Gasteiger partial charge in [-0.05, 0) is 55.5 Å². The van der Waals surface area contributed by atoms with Crippen LogP contribution >= 0.6 is 12.4 Å². The molecular formula is C31H37ClN4O3. The topological polar surface area (TPSA) is 70.6 Å². The van der Waals surface area contributed by atoms with Gasteiger partial charge in [0.1, 0.15) is 6.61 Å². The number of nitrogens with one attached hydrogen (secondary N) is 1. The van der Waals surface area contributed by atoms with Crippen LogP contribution in [-0.2, 0) is 17.7 Å². The van der Waals surface area contributed by atoms with Crippen molar-refractivity contribution in [2.75, 3.05) is 32.8 Å². The van der Waals surface area contributed by atoms with E-state index in [-0.39, 0.29) is 30.2 Å². The maximum atomic E-state index is 12.8. The third kappa shape index (κ3) is 7.52. The number of hydrogen-bond donors (Lipinski definition) is 1. The third-order valence-corrected chi connectivity index (χ3v) is 7.38. The molecule has 1 fully saturated rings. The Hall–Kier alpha value is -3.55. The summed E-state index contributed by atoms with van der Waals surface area (Å²) < 4.78 is 7.55. The summed E-state index contributed by atoms with van der Waals surface area (Å²) >= 11 is 0. The number of ether oxygens (including phenoxy) is 1. The average molecular weight is 549 g/mol. The highest BCUT2D eigenvalue weighted by atomic mass is 35.5. The van der Waals surface area contributed by atoms with Gasteiger partial charge in [-0.2, -0.15) is 0 Å². The highest BCUT2D eigenvalue weighted by Crippen LogP contribution is 2.25. The Kier molecular flexibility index (Phi) is 10.2. The number of imidazole rings is 1. The summed E-state index contributed by atoms with van der Waals surface area (Å²) in [6.07, 6.45) is 3.28. The molecular weight excluding hydrogens is 512 g/mol. The molecule has 7 nitrogen and oxygen atoms in total. The molecule has 2 heterocycles. The Morgan fingerprint density at radius 1 is 0.872 bits per heavy atom. The van der Waals surface area contributed by atoms with Crippen LogP contribution in [0, 0.1) is 0 Å². The number of benzene rings is 3. The molecule has 0 spiro atoms. The van der Waals surface area contributed by atoms with Crippen molar-refractivity contribution < 1.29 is 9.53 Å². The summed E-state index contributed by atoms with van der Waals surface area (Å²) in [7, 11) is 0. The number of nitrogens with zero attached hydrogens (tertiary/aromatic N) is 3. The van der Waals surface area contributed by atoms with Crippen LogP contribution < -0.4 is 5.69 Å². The smallest absolute Gasteiger partial charge is 0.409 e. The molecule has 0 aliphatic carbocycles. The first-order valence-corrected chi connectivity index (χ1v) is 13.6. The maximum Gasteiger partial charge on any atom is 0.409 e. The second-order valence-electron chi connectivity index (χ2n) is 10.0. The predicted octanol–water partition coefficient (Wildman–Crippen LogP) is 5.66. The first kappa shape index (κ1) is 28.5. The molecule has 39 heavy (non-hydrogen) atoms. The number of aromatic nitrogens is 2. The van der Waals surface area contributed by atoms with Gasteiger partial charge in [-0.25, -0.2) is 9.59 Å². The molecule has 0 saturated carbocycles. The minimum atomic E-state index is -0.265. The molecule has 1 aromatic heterocycles. The Balaban J connectivity index is 0.00000353. The maximum absolute atomic E-state index is 12.8. The number of piperidine rings is 1. The molecule has 1 aliphatic rings. The van der Waals surface area contributed by atoms with Gasteiger partial charge in [0, 0.05) is 32.2 Å². The van der Waals surface area contributed by atoms with E-state index in [0.717, 1.165) is 49.8 Å². The number of hydrogen-bond acceptors (Lipinski definition) is 4. The average Bonchev–Trinajstić information content (AvgIpc) is 3.29. The fraction of sp³-hybridized carbons (Fsp3) is 0.355. The van der Waals surface area contributed by atoms with E-state index in [2.05, 4.69) is 58.4 Å². The van der Waals surface area contributed by atoms with Gasteiger partial charge in [0.05, 0.1) is 11.0 Å². The lowest BCUT2D eigenvalue weighted by Gasteiger charge is -2.32. The van der Waals surface area contributed by atoms with Crippen LogP contribution in [0.2, 0.25) is 0 Å². The zero-order valence-electron chi connectivity index (χ0n) is 22.2. The van der Waals surface area contributed by atoms with Gasteiger partial charge in [0.25, 0.3) is 0 Å². The Bertz CT molecular complexity index is 1360. The number of aromatic amines is 1. The van der Waals surface area contributed by atoms with Crippen molar-refractivity contribution in [2.24, 2.45) is 0 Å². The van der Waals surface area contributed by atoms with Crippen LogP contribution in [0.25, 0.3) is 11.0 Å². The number of likely N-dealkylation sites (tertiary alicyclic amines) is 1. The second-order valence-corrected chi connectivity index (χ2v) is 10.0. The Morgan fingerprint density at radius 3 is 2.23 bits per heavy atom. The van der Waals surface area contributed by atoms with Gasteiger partial charge in [0.15, 0.2) is 0 Å². The van der Waals surface area contributed by atoms with Gasteiger partial charge in [-0.15, -0.1) is 12.4 Å². The van der Waals surface area contributed by atoms with E-state index in [0.29, 0.717) is 26.2 Å². The number of fused-ring (bicyclic) bond motifs is 1. The number of amides is 1. The van der Waals surface area contributed by atoms with Crippen molar-refractivity contribution >= 4 is 29.5 Å². The van der Waals surface area contributed by atoms with E-state index in [4.69, 9.17) is 4.74 Å². The van der Waals surface area contributed by atoms with Crippen molar-refractivity contribution in [3.05, 3.63) is 107 Å². The molecule has 5 rings (SSSR count). The standard InChI is InChI=1S/C31H36N4O3.ClH/c36-30-32-28-15-7-8-16-29(28)35(30)27-17-20-34(21-18-27)31(37)38-23-22-33(24-26-12-5-2-6-13-26)19-9-14-25-10-3-1-4-11-25;/h1-8,10-13,15-16,27H,9,14,17-24H2,(H,32,36);1H. The molecule has 0 radical (unpaired) electrons. The molecule has 3 aromatic carbocycles. The molecule has 0 atom stereocenters. The van der Waals surface area contributed by atoms with Crippen LogP contribution in [0.3, 0.4) is 0 Å². The number of halogens is 1. The van der Waals surface area contributed by atoms with E-state index in [9.17, 15) is 9.59 Å². The summed E-state index contributed by atoms with van der Waals surface area (Å²) in [5.41, 5.74) is 4.29. The van der Waals surface area contributed by atoms with Crippen molar-refractivity contribution in [1.29, 1.82) is 0 Å². The number of rotatable bonds is 10. The van der Waals surface area contributed by atoms with E-state index in [1.165, 1.54) is 11.1 Å². The third-order valence-electron chi connectivity index (χ3n) is 7.38. The molecule has 4 aromatic rings. The molecule has 1 aliphatic heterocycles. The summed E-state index contributed by atoms with van der Waals surface area (Å²) in [6, 6.07) is 28.8. The number of para-hydroxylation sites is 2. The molecule has 1 amide bonds. The summed E-state index contributed by atoms with van der Waals surface area (Å²) in [4.78, 5) is 32.4. The fourth-order valence-corrected chi connectivity index (χ4v) is 5.36. The van der Waals surface area contributed by atoms with Crippen LogP contribution in [0.1, 0.15) is 36.4 Å². The summed E-state index contributed by atoms with van der Waals surface area (Å²) in [5, 5.41) is 0. The van der Waals surface area contributed by atoms with Gasteiger partial charge >= 0.3 is 11.8 Å². The highest BCUT2D eigenvalue weighted by molar-refractivity contribution is 5.85. The molecule has 0 unspecified atom stereocenters. The highest BCUT2D eigenvalue weighted by Gasteiger charge is 2.26. The largest absolute Gasteiger partial charge is 0.448 e. The normalized spacial score (nSPS) is 13.9. The minimum absolute atomic E-state index is 0. The quantitative estimate of drug-likeness (QED) is 0.277. The van der Waals surface area contributed by atoms with Crippen molar-refractivity contribution in [3.8, 4) is 0 Å². The van der Waals surface area contributed by atoms with Gasteiger partial charge in [-0.3, -0.25) is 9.47 Å². The molecule has 1 N–H and O–H groups in total. The first-order chi connectivity index (χ1) is 18.7. The number of carbonyl (C=O) groups is 1. The second kappa shape index (κ2) is 14.0. The Morgan fingerprint density at radius 2 is 1.51 bits per heavy atom. The van der Waals surface area contributed by atoms with Crippen LogP contribution in [0.5, 0.6) is 0 Å². The Labute approximate surface area is 235 Å². The summed E-state index contributed by atoms with van der Waals surface area (Å²) in [5.74, 6) is 0. The number of aryl methyl sites for hydroxylation is 1. The molecule has 206 valence electrons. The van der Waals surface area contributed by atoms with E-state index < -0.39 is 0 Å². The van der Waals surface area contributed by atoms with E-state index in [1.807, 2.05) is 41.0 Å². The van der Waals surface area contributed by atoms with Crippen molar-refractivity contribution in [1.82, 2.24) is 19.4 Å². The monoisotopic (exact) mass is 548 g/mol. The molecule has 0 bridgehead atoms. The zero-order valence-corrected chi connectivity index (χ0v) is 23.0. The van der Waals surface area contributed by atoms with Crippen LogP contribution in [0.15, 0.2) is 89.7 Å². The number of H-pyrrole nitrogens is 1. The van der Waals surface area contributed by atoms with Crippen LogP contribution in [0.4, 0.5) is 4.79 Å². The zero-order chi connectivity index (χ0) is 26.2. The number of carbonyl (C=O) groups excluding carboxylic acids is 1. The van der Waals surface area contributed by atoms with Crippen LogP contribution in [-0.4, -0.2) is 58.2 Å². The summed E-state index contributed by atoms with van der Waals surface area (Å²) in [6.45, 7) is 3.99. The van der Waals surface area contributed by atoms with Gasteiger partial charge in [-0.1, -0.05) is 72.8 Å². The van der Waals surface area contributed by atoms with E-state index in [1.54, 1.807) is 4.90 Å². The lowest BCUT2D eigenvalue weighted by molar-refractivity contribution is 0.0778. The SMILES string of the molecule is Cl.O=C(OCCN(CCCc1ccccc1)Cc1ccccc1)N1CCC(n2c(=O)[nH]c3ccccc32)CC1. The lowest BCUT2D eigenvalue weighted by Crippen LogP contribution is -2.41. The van der Waals surface area contributed by atoms with Crippen molar-refractivity contribution in [3.63, 3.8) is 0 Å².